The van der Waals surface area contributed by atoms with Crippen molar-refractivity contribution in [3.05, 3.63) is 48.3 Å². The molecule has 1 N–H and O–H groups in total. The van der Waals surface area contributed by atoms with Crippen molar-refractivity contribution < 1.29 is 9.18 Å². The van der Waals surface area contributed by atoms with Crippen molar-refractivity contribution in [2.45, 2.75) is 45.1 Å². The predicted molar refractivity (Wildman–Crippen MR) is 96.1 cm³/mol. The largest absolute Gasteiger partial charge is 0.335 e. The van der Waals surface area contributed by atoms with E-state index >= 15 is 0 Å². The van der Waals surface area contributed by atoms with Crippen LogP contribution in [0.5, 0.6) is 0 Å². The molecule has 6 heteroatoms. The fourth-order valence-electron chi connectivity index (χ4n) is 3.27. The molecule has 2 heterocycles. The molecule has 0 radical (unpaired) electrons. The number of piperidine rings is 1. The summed E-state index contributed by atoms with van der Waals surface area (Å²) in [6, 6.07) is 5.71. The molecule has 134 valence electrons. The first kappa shape index (κ1) is 17.5. The Morgan fingerprint density at radius 2 is 2.00 bits per heavy atom. The Morgan fingerprint density at radius 1 is 1.28 bits per heavy atom. The van der Waals surface area contributed by atoms with Gasteiger partial charge in [0.15, 0.2) is 0 Å². The third-order valence-electron chi connectivity index (χ3n) is 4.74. The molecule has 0 spiro atoms. The number of carbonyl (C=O) groups is 1. The predicted octanol–water partition coefficient (Wildman–Crippen LogP) is 4.23. The van der Waals surface area contributed by atoms with Crippen LogP contribution in [0.15, 0.2) is 36.7 Å². The third-order valence-corrected chi connectivity index (χ3v) is 4.74. The summed E-state index contributed by atoms with van der Waals surface area (Å²) >= 11 is 0. The summed E-state index contributed by atoms with van der Waals surface area (Å²) in [5.74, 6) is 1.24. The molecule has 2 amide bonds. The summed E-state index contributed by atoms with van der Waals surface area (Å²) in [5.41, 5.74) is 0.614. The minimum Gasteiger partial charge on any atom is -0.335 e. The van der Waals surface area contributed by atoms with Crippen LogP contribution in [0.4, 0.5) is 14.9 Å². The number of aromatic nitrogens is 2. The van der Waals surface area contributed by atoms with Crippen LogP contribution in [0.1, 0.15) is 44.3 Å². The van der Waals surface area contributed by atoms with E-state index in [1.807, 2.05) is 11.1 Å². The number of hydrogen-bond donors (Lipinski definition) is 1. The number of anilines is 1. The van der Waals surface area contributed by atoms with Gasteiger partial charge in [-0.15, -0.1) is 0 Å². The second kappa shape index (κ2) is 8.14. The first-order valence-electron chi connectivity index (χ1n) is 9.00. The van der Waals surface area contributed by atoms with Crippen LogP contribution in [-0.2, 0) is 6.54 Å². The third kappa shape index (κ3) is 4.38. The number of halogens is 1. The van der Waals surface area contributed by atoms with Crippen molar-refractivity contribution in [1.29, 1.82) is 0 Å². The lowest BCUT2D eigenvalue weighted by atomic mass is 9.96. The highest BCUT2D eigenvalue weighted by Crippen LogP contribution is 2.27. The maximum Gasteiger partial charge on any atom is 0.321 e. The molecule has 0 bridgehead atoms. The first-order chi connectivity index (χ1) is 12.2. The van der Waals surface area contributed by atoms with Crippen molar-refractivity contribution in [3.8, 4) is 0 Å². The summed E-state index contributed by atoms with van der Waals surface area (Å²) in [7, 11) is 0. The number of amides is 2. The molecule has 1 aromatic carbocycles. The minimum atomic E-state index is -0.308. The van der Waals surface area contributed by atoms with E-state index in [0.29, 0.717) is 24.7 Å². The van der Waals surface area contributed by atoms with Gasteiger partial charge in [0.2, 0.25) is 0 Å². The lowest BCUT2D eigenvalue weighted by Crippen LogP contribution is -2.40. The highest BCUT2D eigenvalue weighted by molar-refractivity contribution is 5.89. The zero-order chi connectivity index (χ0) is 17.6. The van der Waals surface area contributed by atoms with E-state index in [4.69, 9.17) is 0 Å². The second-order valence-electron chi connectivity index (χ2n) is 6.53. The summed E-state index contributed by atoms with van der Waals surface area (Å²) in [5, 5.41) is 2.83. The standard InChI is InChI=1S/C19H25FN4O/c1-2-3-11-23-14-10-21-18(23)15-8-12-24(13-9-15)19(25)22-17-6-4-16(20)5-7-17/h4-7,10,14-15H,2-3,8-9,11-13H2,1H3,(H,22,25). The van der Waals surface area contributed by atoms with Crippen molar-refractivity contribution in [3.63, 3.8) is 0 Å². The van der Waals surface area contributed by atoms with E-state index < -0.39 is 0 Å². The number of hydrogen-bond acceptors (Lipinski definition) is 2. The lowest BCUT2D eigenvalue weighted by molar-refractivity contribution is 0.193. The molecule has 0 aliphatic carbocycles. The number of urea groups is 1. The Labute approximate surface area is 147 Å². The van der Waals surface area contributed by atoms with Gasteiger partial charge in [0.05, 0.1) is 0 Å². The monoisotopic (exact) mass is 344 g/mol. The fraction of sp³-hybridized carbons (Fsp3) is 0.474. The van der Waals surface area contributed by atoms with Gasteiger partial charge in [-0.25, -0.2) is 14.2 Å². The second-order valence-corrected chi connectivity index (χ2v) is 6.53. The maximum atomic E-state index is 12.9. The van der Waals surface area contributed by atoms with E-state index in [2.05, 4.69) is 28.0 Å². The molecule has 0 atom stereocenters. The molecule has 1 aliphatic heterocycles. The van der Waals surface area contributed by atoms with Gasteiger partial charge < -0.3 is 14.8 Å². The molecule has 5 nitrogen and oxygen atoms in total. The van der Waals surface area contributed by atoms with Crippen LogP contribution >= 0.6 is 0 Å². The fourth-order valence-corrected chi connectivity index (χ4v) is 3.27. The van der Waals surface area contributed by atoms with E-state index in [9.17, 15) is 9.18 Å². The summed E-state index contributed by atoms with van der Waals surface area (Å²) in [6.45, 7) is 4.61. The number of rotatable bonds is 5. The summed E-state index contributed by atoms with van der Waals surface area (Å²) in [4.78, 5) is 18.7. The van der Waals surface area contributed by atoms with Gasteiger partial charge in [-0.2, -0.15) is 0 Å². The number of likely N-dealkylation sites (tertiary alicyclic amines) is 1. The number of nitrogens with zero attached hydrogens (tertiary/aromatic N) is 3. The maximum absolute atomic E-state index is 12.9. The molecule has 0 saturated carbocycles. The van der Waals surface area contributed by atoms with Gasteiger partial charge in [-0.3, -0.25) is 0 Å². The number of nitrogens with one attached hydrogen (secondary N) is 1. The van der Waals surface area contributed by atoms with Crippen LogP contribution < -0.4 is 5.32 Å². The van der Waals surface area contributed by atoms with Crippen LogP contribution in [-0.4, -0.2) is 33.6 Å². The molecule has 1 aromatic heterocycles. The van der Waals surface area contributed by atoms with Gasteiger partial charge in [-0.1, -0.05) is 13.3 Å². The molecule has 1 saturated heterocycles. The molecule has 0 unspecified atom stereocenters. The van der Waals surface area contributed by atoms with Crippen LogP contribution in [0.3, 0.4) is 0 Å². The Kier molecular flexibility index (Phi) is 5.68. The SMILES string of the molecule is CCCCn1ccnc1C1CCN(C(=O)Nc2ccc(F)cc2)CC1. The van der Waals surface area contributed by atoms with Crippen molar-refractivity contribution in [2.75, 3.05) is 18.4 Å². The van der Waals surface area contributed by atoms with Gasteiger partial charge in [-0.05, 0) is 43.5 Å². The van der Waals surface area contributed by atoms with E-state index in [0.717, 1.165) is 31.6 Å². The topological polar surface area (TPSA) is 50.2 Å². The number of imidazole rings is 1. The Balaban J connectivity index is 1.54. The average molecular weight is 344 g/mol. The molecule has 25 heavy (non-hydrogen) atoms. The van der Waals surface area contributed by atoms with Crippen molar-refractivity contribution >= 4 is 11.7 Å². The molecular weight excluding hydrogens is 319 g/mol. The van der Waals surface area contributed by atoms with E-state index in [1.165, 1.54) is 18.6 Å². The Morgan fingerprint density at radius 3 is 2.68 bits per heavy atom. The molecule has 2 aromatic rings. The minimum absolute atomic E-state index is 0.126. The lowest BCUT2D eigenvalue weighted by Gasteiger charge is -2.32. The summed E-state index contributed by atoms with van der Waals surface area (Å²) in [6.07, 6.45) is 8.08. The van der Waals surface area contributed by atoms with E-state index in [1.54, 1.807) is 12.1 Å². The molecular formula is C19H25FN4O. The highest BCUT2D eigenvalue weighted by atomic mass is 19.1. The zero-order valence-electron chi connectivity index (χ0n) is 14.6. The number of benzene rings is 1. The highest BCUT2D eigenvalue weighted by Gasteiger charge is 2.26. The van der Waals surface area contributed by atoms with Crippen LogP contribution in [0, 0.1) is 5.82 Å². The normalized spacial score (nSPS) is 15.4. The van der Waals surface area contributed by atoms with Gasteiger partial charge >= 0.3 is 6.03 Å². The Bertz CT molecular complexity index is 690. The number of carbonyl (C=O) groups excluding carboxylic acids is 1. The van der Waals surface area contributed by atoms with Crippen molar-refractivity contribution in [1.82, 2.24) is 14.5 Å². The first-order valence-corrected chi connectivity index (χ1v) is 9.00. The molecule has 3 rings (SSSR count). The number of aryl methyl sites for hydroxylation is 1. The molecule has 1 aliphatic rings. The summed E-state index contributed by atoms with van der Waals surface area (Å²) < 4.78 is 15.2. The van der Waals surface area contributed by atoms with Gasteiger partial charge in [0, 0.05) is 43.6 Å². The Hall–Kier alpha value is -2.37. The van der Waals surface area contributed by atoms with E-state index in [-0.39, 0.29) is 11.8 Å². The van der Waals surface area contributed by atoms with Crippen LogP contribution in [0.2, 0.25) is 0 Å². The van der Waals surface area contributed by atoms with Crippen molar-refractivity contribution in [2.24, 2.45) is 0 Å². The molecule has 1 fully saturated rings. The number of unbranched alkanes of at least 4 members (excludes halogenated alkanes) is 1. The smallest absolute Gasteiger partial charge is 0.321 e. The van der Waals surface area contributed by atoms with Crippen LogP contribution in [0.25, 0.3) is 0 Å². The quantitative estimate of drug-likeness (QED) is 0.882. The van der Waals surface area contributed by atoms with Gasteiger partial charge in [0.1, 0.15) is 11.6 Å². The average Bonchev–Trinajstić information content (AvgIpc) is 3.10. The zero-order valence-corrected chi connectivity index (χ0v) is 14.6. The van der Waals surface area contributed by atoms with Gasteiger partial charge in [0.25, 0.3) is 0 Å².